The molecule has 1 aromatic carbocycles. The molecule has 21 heavy (non-hydrogen) atoms. The van der Waals surface area contributed by atoms with Crippen molar-refractivity contribution in [3.63, 3.8) is 0 Å². The molecule has 0 radical (unpaired) electrons. The van der Waals surface area contributed by atoms with Gasteiger partial charge in [0.05, 0.1) is 22.8 Å². The van der Waals surface area contributed by atoms with Gasteiger partial charge in [-0.1, -0.05) is 22.9 Å². The minimum absolute atomic E-state index is 0.0293. The van der Waals surface area contributed by atoms with E-state index < -0.39 is 5.82 Å². The lowest BCUT2D eigenvalue weighted by Gasteiger charge is -2.32. The highest BCUT2D eigenvalue weighted by atomic mass is 35.5. The average molecular weight is 309 g/mol. The first-order chi connectivity index (χ1) is 10.2. The molecule has 0 saturated carbocycles. The van der Waals surface area contributed by atoms with E-state index in [-0.39, 0.29) is 22.5 Å². The predicted octanol–water partition coefficient (Wildman–Crippen LogP) is 2.55. The summed E-state index contributed by atoms with van der Waals surface area (Å²) in [6.07, 6.45) is 5.01. The summed E-state index contributed by atoms with van der Waals surface area (Å²) in [6.45, 7) is 1.13. The summed E-state index contributed by atoms with van der Waals surface area (Å²) in [5.74, 6) is -0.963. The van der Waals surface area contributed by atoms with Gasteiger partial charge < -0.3 is 4.90 Å². The topological polar surface area (TPSA) is 51.0 Å². The van der Waals surface area contributed by atoms with Crippen LogP contribution in [-0.4, -0.2) is 38.9 Å². The molecule has 0 atom stereocenters. The summed E-state index contributed by atoms with van der Waals surface area (Å²) in [6, 6.07) is 4.72. The molecule has 1 aliphatic heterocycles. The Labute approximate surface area is 126 Å². The molecule has 1 aromatic heterocycles. The average Bonchev–Trinajstić information content (AvgIpc) is 3.04. The second-order valence-electron chi connectivity index (χ2n) is 5.01. The molecule has 2 aromatic rings. The van der Waals surface area contributed by atoms with Gasteiger partial charge in [-0.2, -0.15) is 0 Å². The molecular formula is C14H14ClFN4O. The minimum Gasteiger partial charge on any atom is -0.338 e. The van der Waals surface area contributed by atoms with Gasteiger partial charge in [-0.15, -0.1) is 5.10 Å². The van der Waals surface area contributed by atoms with Crippen molar-refractivity contribution in [2.45, 2.75) is 18.9 Å². The predicted molar refractivity (Wildman–Crippen MR) is 75.6 cm³/mol. The summed E-state index contributed by atoms with van der Waals surface area (Å²) in [7, 11) is 0. The molecule has 0 aliphatic carbocycles. The lowest BCUT2D eigenvalue weighted by molar-refractivity contribution is 0.0684. The maximum absolute atomic E-state index is 13.9. The smallest absolute Gasteiger partial charge is 0.256 e. The van der Waals surface area contributed by atoms with E-state index in [0.717, 1.165) is 12.8 Å². The number of amides is 1. The van der Waals surface area contributed by atoms with E-state index in [4.69, 9.17) is 11.6 Å². The quantitative estimate of drug-likeness (QED) is 0.856. The minimum atomic E-state index is -0.650. The number of carbonyl (C=O) groups excluding carboxylic acids is 1. The number of carbonyl (C=O) groups is 1. The first-order valence-electron chi connectivity index (χ1n) is 6.76. The largest absolute Gasteiger partial charge is 0.338 e. The fraction of sp³-hybridized carbons (Fsp3) is 0.357. The number of benzene rings is 1. The van der Waals surface area contributed by atoms with Crippen LogP contribution in [-0.2, 0) is 0 Å². The third kappa shape index (κ3) is 2.76. The maximum Gasteiger partial charge on any atom is 0.256 e. The summed E-state index contributed by atoms with van der Waals surface area (Å²) >= 11 is 5.72. The van der Waals surface area contributed by atoms with Crippen molar-refractivity contribution in [3.8, 4) is 0 Å². The Morgan fingerprint density at radius 3 is 2.76 bits per heavy atom. The van der Waals surface area contributed by atoms with Gasteiger partial charge in [-0.25, -0.2) is 9.07 Å². The number of nitrogens with zero attached hydrogens (tertiary/aromatic N) is 4. The van der Waals surface area contributed by atoms with Crippen molar-refractivity contribution < 1.29 is 9.18 Å². The van der Waals surface area contributed by atoms with Gasteiger partial charge in [-0.3, -0.25) is 4.79 Å². The summed E-state index contributed by atoms with van der Waals surface area (Å²) in [5, 5.41) is 7.74. The molecule has 0 N–H and O–H groups in total. The highest BCUT2D eigenvalue weighted by Crippen LogP contribution is 2.24. The molecule has 1 amide bonds. The number of aromatic nitrogens is 3. The first-order valence-corrected chi connectivity index (χ1v) is 7.13. The van der Waals surface area contributed by atoms with E-state index >= 15 is 0 Å². The molecule has 7 heteroatoms. The zero-order chi connectivity index (χ0) is 14.8. The SMILES string of the molecule is O=C(c1cccc(Cl)c1F)N1CCC(n2ccnn2)CC1. The van der Waals surface area contributed by atoms with Crippen LogP contribution in [0.1, 0.15) is 29.2 Å². The molecule has 110 valence electrons. The van der Waals surface area contributed by atoms with Gasteiger partial charge in [0.25, 0.3) is 5.91 Å². The maximum atomic E-state index is 13.9. The van der Waals surface area contributed by atoms with E-state index in [0.29, 0.717) is 13.1 Å². The van der Waals surface area contributed by atoms with Crippen molar-refractivity contribution in [3.05, 3.63) is 47.0 Å². The van der Waals surface area contributed by atoms with Gasteiger partial charge in [0.2, 0.25) is 0 Å². The zero-order valence-corrected chi connectivity index (χ0v) is 12.0. The Kier molecular flexibility index (Phi) is 3.88. The number of halogens is 2. The van der Waals surface area contributed by atoms with Crippen molar-refractivity contribution in [2.24, 2.45) is 0 Å². The third-order valence-corrected chi connectivity index (χ3v) is 4.04. The third-order valence-electron chi connectivity index (χ3n) is 3.75. The fourth-order valence-corrected chi connectivity index (χ4v) is 2.76. The molecule has 5 nitrogen and oxygen atoms in total. The van der Waals surface area contributed by atoms with Crippen LogP contribution in [0.4, 0.5) is 4.39 Å². The van der Waals surface area contributed by atoms with Gasteiger partial charge in [-0.05, 0) is 25.0 Å². The van der Waals surface area contributed by atoms with Crippen LogP contribution in [0.3, 0.4) is 0 Å². The fourth-order valence-electron chi connectivity index (χ4n) is 2.58. The Hall–Kier alpha value is -1.95. The van der Waals surface area contributed by atoms with Crippen LogP contribution in [0, 0.1) is 5.82 Å². The van der Waals surface area contributed by atoms with Crippen LogP contribution in [0.5, 0.6) is 0 Å². The monoisotopic (exact) mass is 308 g/mol. The standard InChI is InChI=1S/C14H14ClFN4O/c15-12-3-1-2-11(13(12)16)14(21)19-7-4-10(5-8-19)20-9-6-17-18-20/h1-3,6,9-10H,4-5,7-8H2. The van der Waals surface area contributed by atoms with E-state index in [1.54, 1.807) is 17.2 Å². The lowest BCUT2D eigenvalue weighted by Crippen LogP contribution is -2.39. The Balaban J connectivity index is 1.69. The van der Waals surface area contributed by atoms with Gasteiger partial charge >= 0.3 is 0 Å². The normalized spacial score (nSPS) is 16.2. The number of likely N-dealkylation sites (tertiary alicyclic amines) is 1. The van der Waals surface area contributed by atoms with E-state index in [2.05, 4.69) is 10.3 Å². The zero-order valence-electron chi connectivity index (χ0n) is 11.2. The molecule has 2 heterocycles. The molecule has 0 unspecified atom stereocenters. The van der Waals surface area contributed by atoms with Gasteiger partial charge in [0, 0.05) is 19.3 Å². The number of hydrogen-bond donors (Lipinski definition) is 0. The second kappa shape index (κ2) is 5.81. The summed E-state index contributed by atoms with van der Waals surface area (Å²) in [5.41, 5.74) is 0.0294. The number of rotatable bonds is 2. The van der Waals surface area contributed by atoms with Crippen LogP contribution in [0.2, 0.25) is 5.02 Å². The molecule has 1 fully saturated rings. The Bertz CT molecular complexity index is 638. The van der Waals surface area contributed by atoms with Crippen LogP contribution < -0.4 is 0 Å². The second-order valence-corrected chi connectivity index (χ2v) is 5.42. The molecule has 3 rings (SSSR count). The van der Waals surface area contributed by atoms with E-state index in [1.165, 1.54) is 12.1 Å². The molecule has 0 bridgehead atoms. The van der Waals surface area contributed by atoms with E-state index in [1.807, 2.05) is 10.9 Å². The molecule has 0 spiro atoms. The van der Waals surface area contributed by atoms with Crippen molar-refractivity contribution >= 4 is 17.5 Å². The van der Waals surface area contributed by atoms with Crippen molar-refractivity contribution in [1.82, 2.24) is 19.9 Å². The summed E-state index contributed by atoms with van der Waals surface area (Å²) in [4.78, 5) is 14.0. The first kappa shape index (κ1) is 14.0. The van der Waals surface area contributed by atoms with Crippen LogP contribution >= 0.6 is 11.6 Å². The highest BCUT2D eigenvalue weighted by Gasteiger charge is 2.26. The van der Waals surface area contributed by atoms with Gasteiger partial charge in [0.15, 0.2) is 5.82 Å². The Morgan fingerprint density at radius 1 is 1.33 bits per heavy atom. The van der Waals surface area contributed by atoms with Crippen LogP contribution in [0.15, 0.2) is 30.6 Å². The number of piperidine rings is 1. The van der Waals surface area contributed by atoms with Gasteiger partial charge in [0.1, 0.15) is 0 Å². The molecule has 1 aliphatic rings. The summed E-state index contributed by atoms with van der Waals surface area (Å²) < 4.78 is 15.7. The number of hydrogen-bond acceptors (Lipinski definition) is 3. The molecular weight excluding hydrogens is 295 g/mol. The van der Waals surface area contributed by atoms with Crippen molar-refractivity contribution in [2.75, 3.05) is 13.1 Å². The van der Waals surface area contributed by atoms with Crippen LogP contribution in [0.25, 0.3) is 0 Å². The van der Waals surface area contributed by atoms with E-state index in [9.17, 15) is 9.18 Å². The lowest BCUT2D eigenvalue weighted by atomic mass is 10.0. The Morgan fingerprint density at radius 2 is 2.10 bits per heavy atom. The molecule has 1 saturated heterocycles. The highest BCUT2D eigenvalue weighted by molar-refractivity contribution is 6.31. The van der Waals surface area contributed by atoms with Crippen molar-refractivity contribution in [1.29, 1.82) is 0 Å².